The number of hydrogen-bond acceptors (Lipinski definition) is 8. The number of carbonyl (C=O) groups excluding carboxylic acids is 3. The Kier molecular flexibility index (Phi) is 6.07. The molecule has 36 heavy (non-hydrogen) atoms. The number of hydrogen-bond donors (Lipinski definition) is 0. The molecule has 0 bridgehead atoms. The highest BCUT2D eigenvalue weighted by atomic mass is 32.2. The van der Waals surface area contributed by atoms with Crippen molar-refractivity contribution >= 4 is 46.6 Å². The van der Waals surface area contributed by atoms with E-state index >= 15 is 0 Å². The van der Waals surface area contributed by atoms with Crippen LogP contribution in [0.15, 0.2) is 56.9 Å². The number of ether oxygens (including phenoxy) is 1. The van der Waals surface area contributed by atoms with Gasteiger partial charge in [-0.2, -0.15) is 13.2 Å². The summed E-state index contributed by atoms with van der Waals surface area (Å²) < 4.78 is 52.8. The van der Waals surface area contributed by atoms with E-state index in [-0.39, 0.29) is 17.4 Å². The first kappa shape index (κ1) is 24.4. The molecule has 1 aromatic carbocycles. The number of anilines is 1. The number of halogens is 3. The Bertz CT molecular complexity index is 1410. The normalized spacial score (nSPS) is 21.4. The van der Waals surface area contributed by atoms with Crippen LogP contribution >= 0.6 is 23.1 Å². The number of esters is 1. The SMILES string of the molecule is CCOC(=O)Cn1c2c(sc1=O)[C@H](c1ccco1)C1C(=O)N(c3ccccc3C(F)(F)F)C(=O)C1S2. The van der Waals surface area contributed by atoms with E-state index in [1.807, 2.05) is 0 Å². The van der Waals surface area contributed by atoms with E-state index in [1.165, 1.54) is 23.0 Å². The number of thiazole rings is 1. The molecule has 2 amide bonds. The van der Waals surface area contributed by atoms with Crippen molar-refractivity contribution in [3.63, 3.8) is 0 Å². The lowest BCUT2D eigenvalue weighted by Gasteiger charge is -2.28. The minimum Gasteiger partial charge on any atom is -0.469 e. The molecule has 0 radical (unpaired) electrons. The Labute approximate surface area is 209 Å². The smallest absolute Gasteiger partial charge is 0.418 e. The maximum atomic E-state index is 13.7. The first-order valence-corrected chi connectivity index (χ1v) is 12.5. The average Bonchev–Trinajstić information content (AvgIpc) is 3.51. The molecule has 0 N–H and O–H groups in total. The number of rotatable bonds is 5. The Morgan fingerprint density at radius 3 is 2.53 bits per heavy atom. The van der Waals surface area contributed by atoms with Crippen molar-refractivity contribution in [2.24, 2.45) is 5.92 Å². The van der Waals surface area contributed by atoms with E-state index in [0.717, 1.165) is 35.2 Å². The lowest BCUT2D eigenvalue weighted by molar-refractivity contribution is -0.144. The number of thioether (sulfide) groups is 1. The van der Waals surface area contributed by atoms with Gasteiger partial charge in [-0.3, -0.25) is 23.7 Å². The third kappa shape index (κ3) is 3.86. The lowest BCUT2D eigenvalue weighted by atomic mass is 9.86. The minimum absolute atomic E-state index is 0.104. The van der Waals surface area contributed by atoms with Gasteiger partial charge in [0.1, 0.15) is 17.6 Å². The number of furan rings is 1. The van der Waals surface area contributed by atoms with Crippen LogP contribution in [0.4, 0.5) is 18.9 Å². The van der Waals surface area contributed by atoms with E-state index in [1.54, 1.807) is 19.1 Å². The van der Waals surface area contributed by atoms with Gasteiger partial charge in [-0.1, -0.05) is 35.2 Å². The molecule has 3 aromatic rings. The van der Waals surface area contributed by atoms with E-state index in [4.69, 9.17) is 9.15 Å². The third-order valence-electron chi connectivity index (χ3n) is 5.94. The predicted octanol–water partition coefficient (Wildman–Crippen LogP) is 3.88. The van der Waals surface area contributed by atoms with Crippen LogP contribution in [0.5, 0.6) is 0 Å². The molecule has 8 nitrogen and oxygen atoms in total. The summed E-state index contributed by atoms with van der Waals surface area (Å²) in [7, 11) is 0. The molecule has 0 saturated carbocycles. The fraction of sp³-hybridized carbons (Fsp3) is 0.304. The van der Waals surface area contributed by atoms with Gasteiger partial charge in [-0.05, 0) is 31.2 Å². The molecule has 3 atom stereocenters. The van der Waals surface area contributed by atoms with Crippen molar-refractivity contribution in [1.29, 1.82) is 0 Å². The second-order valence-electron chi connectivity index (χ2n) is 8.01. The van der Waals surface area contributed by atoms with Gasteiger partial charge >= 0.3 is 17.0 Å². The van der Waals surface area contributed by atoms with Crippen molar-refractivity contribution in [2.45, 2.75) is 35.8 Å². The van der Waals surface area contributed by atoms with Crippen molar-refractivity contribution in [3.8, 4) is 0 Å². The topological polar surface area (TPSA) is 98.8 Å². The number of carbonyl (C=O) groups is 3. The number of aromatic nitrogens is 1. The van der Waals surface area contributed by atoms with Crippen molar-refractivity contribution in [2.75, 3.05) is 11.5 Å². The number of alkyl halides is 3. The Hall–Kier alpha value is -3.32. The number of imide groups is 1. The Balaban J connectivity index is 1.64. The molecular weight excluding hydrogens is 521 g/mol. The zero-order chi connectivity index (χ0) is 25.8. The molecular formula is C23H17F3N2O6S2. The van der Waals surface area contributed by atoms with Crippen LogP contribution in [0.1, 0.15) is 29.0 Å². The fourth-order valence-electron chi connectivity index (χ4n) is 4.51. The van der Waals surface area contributed by atoms with Gasteiger partial charge in [0, 0.05) is 0 Å². The molecule has 0 aliphatic carbocycles. The number of fused-ring (bicyclic) bond motifs is 2. The number of amides is 2. The molecule has 1 saturated heterocycles. The highest BCUT2D eigenvalue weighted by Crippen LogP contribution is 2.54. The molecule has 1 fully saturated rings. The first-order valence-electron chi connectivity index (χ1n) is 10.8. The van der Waals surface area contributed by atoms with E-state index in [2.05, 4.69) is 0 Å². The third-order valence-corrected chi connectivity index (χ3v) is 8.55. The summed E-state index contributed by atoms with van der Waals surface area (Å²) in [4.78, 5) is 52.6. The summed E-state index contributed by atoms with van der Waals surface area (Å²) in [6, 6.07) is 7.53. The van der Waals surface area contributed by atoms with Crippen molar-refractivity contribution in [1.82, 2.24) is 4.57 Å². The van der Waals surface area contributed by atoms with Gasteiger partial charge in [0.05, 0.1) is 45.9 Å². The number of para-hydroxylation sites is 1. The molecule has 0 spiro atoms. The molecule has 5 rings (SSSR count). The molecule has 2 unspecified atom stereocenters. The van der Waals surface area contributed by atoms with Gasteiger partial charge in [-0.25, -0.2) is 4.90 Å². The maximum Gasteiger partial charge on any atom is 0.418 e. The van der Waals surface area contributed by atoms with Crippen LogP contribution < -0.4 is 9.77 Å². The monoisotopic (exact) mass is 538 g/mol. The van der Waals surface area contributed by atoms with Crippen LogP contribution in [0.3, 0.4) is 0 Å². The first-order chi connectivity index (χ1) is 17.1. The van der Waals surface area contributed by atoms with Crippen molar-refractivity contribution < 1.29 is 36.7 Å². The number of benzene rings is 1. The Morgan fingerprint density at radius 2 is 1.86 bits per heavy atom. The summed E-state index contributed by atoms with van der Waals surface area (Å²) in [5.74, 6) is -4.05. The predicted molar refractivity (Wildman–Crippen MR) is 123 cm³/mol. The van der Waals surface area contributed by atoms with E-state index < -0.39 is 63.7 Å². The molecule has 188 valence electrons. The summed E-state index contributed by atoms with van der Waals surface area (Å²) in [6.45, 7) is 1.32. The summed E-state index contributed by atoms with van der Waals surface area (Å²) in [5.41, 5.74) is -1.67. The second kappa shape index (κ2) is 8.96. The highest BCUT2D eigenvalue weighted by Gasteiger charge is 2.58. The summed E-state index contributed by atoms with van der Waals surface area (Å²) in [5, 5.41) is -0.850. The van der Waals surface area contributed by atoms with Gasteiger partial charge in [0.2, 0.25) is 11.8 Å². The fourth-order valence-corrected chi connectivity index (χ4v) is 7.26. The summed E-state index contributed by atoms with van der Waals surface area (Å²) in [6.07, 6.45) is -3.43. The quantitative estimate of drug-likeness (QED) is 0.359. The molecule has 2 aromatic heterocycles. The van der Waals surface area contributed by atoms with Gasteiger partial charge < -0.3 is 9.15 Å². The largest absolute Gasteiger partial charge is 0.469 e. The minimum atomic E-state index is -4.79. The van der Waals surface area contributed by atoms with Crippen LogP contribution in [0.2, 0.25) is 0 Å². The van der Waals surface area contributed by atoms with Gasteiger partial charge in [0.25, 0.3) is 0 Å². The Morgan fingerprint density at radius 1 is 1.11 bits per heavy atom. The van der Waals surface area contributed by atoms with Gasteiger partial charge in [0.15, 0.2) is 0 Å². The van der Waals surface area contributed by atoms with Crippen LogP contribution in [0.25, 0.3) is 0 Å². The maximum absolute atomic E-state index is 13.7. The van der Waals surface area contributed by atoms with Crippen LogP contribution in [0, 0.1) is 5.92 Å². The van der Waals surface area contributed by atoms with Crippen LogP contribution in [-0.2, 0) is 31.8 Å². The second-order valence-corrected chi connectivity index (χ2v) is 10.1. The van der Waals surface area contributed by atoms with Gasteiger partial charge in [-0.15, -0.1) is 0 Å². The van der Waals surface area contributed by atoms with Crippen LogP contribution in [-0.4, -0.2) is 34.2 Å². The van der Waals surface area contributed by atoms with E-state index in [0.29, 0.717) is 9.78 Å². The zero-order valence-electron chi connectivity index (χ0n) is 18.5. The zero-order valence-corrected chi connectivity index (χ0v) is 20.1. The highest BCUT2D eigenvalue weighted by molar-refractivity contribution is 8.00. The summed E-state index contributed by atoms with van der Waals surface area (Å²) >= 11 is 1.69. The molecule has 2 aliphatic rings. The van der Waals surface area contributed by atoms with E-state index in [9.17, 15) is 32.3 Å². The van der Waals surface area contributed by atoms with Crippen molar-refractivity contribution in [3.05, 3.63) is 68.5 Å². The molecule has 13 heteroatoms. The molecule has 2 aliphatic heterocycles. The lowest BCUT2D eigenvalue weighted by Crippen LogP contribution is -2.33. The average molecular weight is 539 g/mol. The standard InChI is InChI=1S/C23H17F3N2O6S2/c1-2-33-14(29)10-27-21-18(36-22(27)32)15(13-8-5-9-34-13)16-17(35-21)20(31)28(19(16)30)12-7-4-3-6-11(12)23(24,25)26/h3-9,15-17H,2,10H2,1H3/t15-,16?,17?/m1/s1. The molecule has 4 heterocycles. The number of nitrogens with zero attached hydrogens (tertiary/aromatic N) is 2.